The zero-order valence-corrected chi connectivity index (χ0v) is 28.7. The van der Waals surface area contributed by atoms with Crippen molar-refractivity contribution >= 4 is 12.0 Å². The Morgan fingerprint density at radius 3 is 1.75 bits per heavy atom. The van der Waals surface area contributed by atoms with Crippen LogP contribution in [-0.2, 0) is 19.9 Å². The predicted molar refractivity (Wildman–Crippen MR) is 195 cm³/mol. The molecular formula is C42H42N2O7. The number of benzene rings is 5. The number of ether oxygens (including phenoxy) is 4. The highest BCUT2D eigenvalue weighted by molar-refractivity contribution is 5.79. The van der Waals surface area contributed by atoms with Crippen LogP contribution in [0, 0.1) is 0 Å². The van der Waals surface area contributed by atoms with E-state index in [2.05, 4.69) is 34.9 Å². The Labute approximate surface area is 298 Å². The fraction of sp³-hybridized carbons (Fsp3) is 0.238. The quantitative estimate of drug-likeness (QED) is 0.109. The van der Waals surface area contributed by atoms with Gasteiger partial charge in [-0.1, -0.05) is 103 Å². The van der Waals surface area contributed by atoms with Crippen molar-refractivity contribution in [2.75, 3.05) is 40.5 Å². The summed E-state index contributed by atoms with van der Waals surface area (Å²) >= 11 is 0. The van der Waals surface area contributed by atoms with Gasteiger partial charge in [0.15, 0.2) is 0 Å². The molecule has 9 nitrogen and oxygen atoms in total. The van der Waals surface area contributed by atoms with Crippen molar-refractivity contribution in [2.45, 2.75) is 24.0 Å². The summed E-state index contributed by atoms with van der Waals surface area (Å²) in [7, 11) is 3.23. The Balaban J connectivity index is 1.03. The summed E-state index contributed by atoms with van der Waals surface area (Å²) < 4.78 is 23.1. The third-order valence-corrected chi connectivity index (χ3v) is 9.17. The van der Waals surface area contributed by atoms with Crippen LogP contribution in [0.15, 0.2) is 127 Å². The molecule has 0 bridgehead atoms. The van der Waals surface area contributed by atoms with Crippen molar-refractivity contribution in [3.8, 4) is 22.6 Å². The van der Waals surface area contributed by atoms with Gasteiger partial charge >= 0.3 is 6.09 Å². The minimum Gasteiger partial charge on any atom is -0.497 e. The zero-order valence-electron chi connectivity index (χ0n) is 28.7. The highest BCUT2D eigenvalue weighted by atomic mass is 16.5. The molecule has 0 aliphatic heterocycles. The van der Waals surface area contributed by atoms with Gasteiger partial charge in [-0.2, -0.15) is 0 Å². The van der Waals surface area contributed by atoms with Crippen molar-refractivity contribution in [2.24, 2.45) is 0 Å². The van der Waals surface area contributed by atoms with Gasteiger partial charge < -0.3 is 34.7 Å². The monoisotopic (exact) mass is 686 g/mol. The lowest BCUT2D eigenvalue weighted by atomic mass is 9.80. The van der Waals surface area contributed by atoms with Gasteiger partial charge in [-0.3, -0.25) is 4.79 Å². The van der Waals surface area contributed by atoms with Gasteiger partial charge in [0.2, 0.25) is 5.91 Å². The van der Waals surface area contributed by atoms with Crippen molar-refractivity contribution < 1.29 is 33.6 Å². The Bertz CT molecular complexity index is 1820. The number of hydrogen-bond acceptors (Lipinski definition) is 7. The first-order valence-electron chi connectivity index (χ1n) is 16.9. The van der Waals surface area contributed by atoms with E-state index in [4.69, 9.17) is 18.9 Å². The summed E-state index contributed by atoms with van der Waals surface area (Å²) in [4.78, 5) is 25.2. The van der Waals surface area contributed by atoms with Crippen LogP contribution in [0.4, 0.5) is 4.79 Å². The highest BCUT2D eigenvalue weighted by Crippen LogP contribution is 2.45. The van der Waals surface area contributed by atoms with Gasteiger partial charge in [-0.25, -0.2) is 4.79 Å². The molecule has 2 amide bonds. The molecule has 1 atom stereocenters. The second-order valence-corrected chi connectivity index (χ2v) is 12.3. The molecule has 0 saturated carbocycles. The normalized spacial score (nSPS) is 12.7. The number of methoxy groups -OCH3 is 2. The number of aliphatic hydroxyl groups excluding tert-OH is 1. The Morgan fingerprint density at radius 1 is 0.686 bits per heavy atom. The molecule has 1 aliphatic rings. The molecule has 9 heteroatoms. The van der Waals surface area contributed by atoms with E-state index in [1.54, 1.807) is 14.2 Å². The standard InChI is InChI=1S/C42H42N2O7/c1-48-33-20-16-30(17-21-33)42(29-10-4-3-5-11-29,31-18-22-34(49-2)23-19-31)51-27-32(45)26-44-40(46)24-25-43-41(47)50-28-39-37-14-8-6-12-35(37)36-13-7-9-15-38(36)39/h3-23,32,39,45H,24-28H2,1-2H3,(H,43,47)(H,44,46). The summed E-state index contributed by atoms with van der Waals surface area (Å²) in [6.07, 6.45) is -1.60. The van der Waals surface area contributed by atoms with Gasteiger partial charge in [-0.05, 0) is 63.2 Å². The third-order valence-electron chi connectivity index (χ3n) is 9.17. The predicted octanol–water partition coefficient (Wildman–Crippen LogP) is 6.42. The van der Waals surface area contributed by atoms with Crippen molar-refractivity contribution in [1.29, 1.82) is 0 Å². The lowest BCUT2D eigenvalue weighted by Gasteiger charge is -2.36. The fourth-order valence-electron chi connectivity index (χ4n) is 6.60. The number of nitrogens with one attached hydrogen (secondary N) is 2. The van der Waals surface area contributed by atoms with Gasteiger partial charge in [0.1, 0.15) is 23.7 Å². The van der Waals surface area contributed by atoms with E-state index in [0.29, 0.717) is 11.5 Å². The molecule has 0 spiro atoms. The van der Waals surface area contributed by atoms with Crippen LogP contribution in [0.3, 0.4) is 0 Å². The largest absolute Gasteiger partial charge is 0.497 e. The smallest absolute Gasteiger partial charge is 0.407 e. The maximum Gasteiger partial charge on any atom is 0.407 e. The number of fused-ring (bicyclic) bond motifs is 3. The number of aliphatic hydroxyl groups is 1. The van der Waals surface area contributed by atoms with E-state index in [1.807, 2.05) is 103 Å². The number of carbonyl (C=O) groups excluding carboxylic acids is 2. The van der Waals surface area contributed by atoms with Crippen LogP contribution in [-0.4, -0.2) is 63.7 Å². The molecule has 5 aromatic rings. The lowest BCUT2D eigenvalue weighted by Crippen LogP contribution is -2.40. The maximum absolute atomic E-state index is 12.7. The number of amides is 2. The summed E-state index contributed by atoms with van der Waals surface area (Å²) in [6.45, 7) is 0.141. The second kappa shape index (κ2) is 16.4. The van der Waals surface area contributed by atoms with Gasteiger partial charge in [0.05, 0.1) is 26.9 Å². The molecule has 3 N–H and O–H groups in total. The molecule has 262 valence electrons. The van der Waals surface area contributed by atoms with Crippen LogP contribution >= 0.6 is 0 Å². The molecule has 1 unspecified atom stereocenters. The summed E-state index contributed by atoms with van der Waals surface area (Å²) in [5, 5.41) is 16.4. The van der Waals surface area contributed by atoms with E-state index in [1.165, 1.54) is 0 Å². The highest BCUT2D eigenvalue weighted by Gasteiger charge is 2.38. The van der Waals surface area contributed by atoms with Crippen LogP contribution in [0.2, 0.25) is 0 Å². The Morgan fingerprint density at radius 2 is 1.20 bits per heavy atom. The fourth-order valence-corrected chi connectivity index (χ4v) is 6.60. The SMILES string of the molecule is COc1ccc(C(OCC(O)CNC(=O)CCNC(=O)OCC2c3ccccc3-c3ccccc32)(c2ccccc2)c2ccc(OC)cc2)cc1. The first kappa shape index (κ1) is 35.2. The number of carbonyl (C=O) groups is 2. The number of rotatable bonds is 15. The van der Waals surface area contributed by atoms with Crippen molar-refractivity contribution in [3.63, 3.8) is 0 Å². The summed E-state index contributed by atoms with van der Waals surface area (Å²) in [5.41, 5.74) is 5.97. The topological polar surface area (TPSA) is 115 Å². The molecular weight excluding hydrogens is 644 g/mol. The molecule has 5 aromatic carbocycles. The molecule has 0 radical (unpaired) electrons. The van der Waals surface area contributed by atoms with E-state index in [0.717, 1.165) is 38.9 Å². The van der Waals surface area contributed by atoms with Crippen LogP contribution in [0.5, 0.6) is 11.5 Å². The second-order valence-electron chi connectivity index (χ2n) is 12.3. The van der Waals surface area contributed by atoms with Crippen molar-refractivity contribution in [1.82, 2.24) is 10.6 Å². The van der Waals surface area contributed by atoms with Crippen molar-refractivity contribution in [3.05, 3.63) is 155 Å². The molecule has 51 heavy (non-hydrogen) atoms. The first-order chi connectivity index (χ1) is 24.9. The summed E-state index contributed by atoms with van der Waals surface area (Å²) in [5.74, 6) is 1.02. The average molecular weight is 687 g/mol. The van der Waals surface area contributed by atoms with Crippen LogP contribution < -0.4 is 20.1 Å². The minimum atomic E-state index is -1.10. The third kappa shape index (κ3) is 7.90. The average Bonchev–Trinajstić information content (AvgIpc) is 3.50. The molecule has 6 rings (SSSR count). The maximum atomic E-state index is 12.7. The van der Waals surface area contributed by atoms with E-state index >= 15 is 0 Å². The summed E-state index contributed by atoms with van der Waals surface area (Å²) in [6, 6.07) is 41.3. The van der Waals surface area contributed by atoms with Gasteiger partial charge in [0.25, 0.3) is 0 Å². The number of alkyl carbamates (subject to hydrolysis) is 1. The molecule has 0 aromatic heterocycles. The molecule has 0 fully saturated rings. The van der Waals surface area contributed by atoms with Gasteiger partial charge in [-0.15, -0.1) is 0 Å². The first-order valence-corrected chi connectivity index (χ1v) is 16.9. The van der Waals surface area contributed by atoms with Crippen LogP contribution in [0.25, 0.3) is 11.1 Å². The molecule has 0 saturated heterocycles. The van der Waals surface area contributed by atoms with Crippen LogP contribution in [0.1, 0.15) is 40.2 Å². The molecule has 0 heterocycles. The van der Waals surface area contributed by atoms with E-state index in [-0.39, 0.29) is 44.5 Å². The number of hydrogen-bond donors (Lipinski definition) is 3. The zero-order chi connectivity index (χ0) is 35.6. The Kier molecular flexibility index (Phi) is 11.3. The van der Waals surface area contributed by atoms with Gasteiger partial charge in [0, 0.05) is 25.4 Å². The lowest BCUT2D eigenvalue weighted by molar-refractivity contribution is -0.121. The molecule has 1 aliphatic carbocycles. The van der Waals surface area contributed by atoms with E-state index in [9.17, 15) is 14.7 Å². The van der Waals surface area contributed by atoms with E-state index < -0.39 is 17.8 Å². The minimum absolute atomic E-state index is 0.0173. The Hall–Kier alpha value is -5.64.